The first-order valence-corrected chi connectivity index (χ1v) is 5.42. The normalized spacial score (nSPS) is 11.6. The van der Waals surface area contributed by atoms with Crippen LogP contribution in [-0.4, -0.2) is 11.3 Å². The Morgan fingerprint density at radius 1 is 1.53 bits per heavy atom. The number of nitrogens with zero attached hydrogens (tertiary/aromatic N) is 1. The smallest absolute Gasteiger partial charge is 0.388 e. The van der Waals surface area contributed by atoms with Gasteiger partial charge in [-0.2, -0.15) is 0 Å². The quantitative estimate of drug-likeness (QED) is 0.600. The van der Waals surface area contributed by atoms with Crippen molar-refractivity contribution in [1.82, 2.24) is 4.98 Å². The van der Waals surface area contributed by atoms with Gasteiger partial charge in [-0.05, 0) is 35.6 Å². The minimum Gasteiger partial charge on any atom is -0.388 e. The lowest BCUT2D eigenvalue weighted by Gasteiger charge is -2.12. The Balaban J connectivity index is 3.11. The predicted octanol–water partition coefficient (Wildman–Crippen LogP) is 3.63. The Labute approximate surface area is 103 Å². The first-order valence-electron chi connectivity index (χ1n) is 3.81. The van der Waals surface area contributed by atoms with E-state index in [0.29, 0.717) is 14.8 Å². The number of pyridine rings is 1. The predicted molar refractivity (Wildman–Crippen MR) is 57.9 cm³/mol. The maximum Gasteiger partial charge on any atom is 0.574 e. The summed E-state index contributed by atoms with van der Waals surface area (Å²) >= 11 is 7.40. The minimum atomic E-state index is -4.73. The van der Waals surface area contributed by atoms with Crippen molar-refractivity contribution in [2.75, 3.05) is 0 Å². The molecule has 1 heterocycles. The van der Waals surface area contributed by atoms with Crippen molar-refractivity contribution in [3.05, 3.63) is 20.9 Å². The van der Waals surface area contributed by atoms with Crippen LogP contribution in [0.5, 0.6) is 5.88 Å². The molecule has 1 aromatic rings. The Morgan fingerprint density at radius 2 is 2.13 bits per heavy atom. The molecule has 1 aromatic heterocycles. The summed E-state index contributed by atoms with van der Waals surface area (Å²) in [5.41, 5.74) is 0.702. The summed E-state index contributed by atoms with van der Waals surface area (Å²) in [5.74, 6) is -0.394. The lowest BCUT2D eigenvalue weighted by Crippen LogP contribution is -2.19. The van der Waals surface area contributed by atoms with Crippen molar-refractivity contribution in [1.29, 1.82) is 0 Å². The fourth-order valence-corrected chi connectivity index (χ4v) is 1.61. The van der Waals surface area contributed by atoms with Crippen LogP contribution in [0, 0.1) is 10.5 Å². The molecule has 7 heteroatoms. The van der Waals surface area contributed by atoms with Crippen LogP contribution >= 0.6 is 34.2 Å². The van der Waals surface area contributed by atoms with Gasteiger partial charge in [0.05, 0.1) is 11.6 Å². The summed E-state index contributed by atoms with van der Waals surface area (Å²) in [5, 5.41) is 0. The van der Waals surface area contributed by atoms with E-state index >= 15 is 0 Å². The zero-order chi connectivity index (χ0) is 11.6. The van der Waals surface area contributed by atoms with Crippen molar-refractivity contribution in [3.63, 3.8) is 0 Å². The third kappa shape index (κ3) is 3.67. The van der Waals surface area contributed by atoms with Gasteiger partial charge in [0.2, 0.25) is 5.88 Å². The van der Waals surface area contributed by atoms with Crippen LogP contribution in [0.4, 0.5) is 13.2 Å². The minimum absolute atomic E-state index is 0.0461. The highest BCUT2D eigenvalue weighted by Gasteiger charge is 2.32. The molecule has 0 bridgehead atoms. The third-order valence-corrected chi connectivity index (χ3v) is 2.96. The van der Waals surface area contributed by atoms with E-state index in [9.17, 15) is 13.2 Å². The highest BCUT2D eigenvalue weighted by molar-refractivity contribution is 14.1. The summed E-state index contributed by atoms with van der Waals surface area (Å²) in [6.07, 6.45) is -4.73. The van der Waals surface area contributed by atoms with Gasteiger partial charge in [-0.1, -0.05) is 0 Å². The van der Waals surface area contributed by atoms with Crippen LogP contribution < -0.4 is 4.74 Å². The lowest BCUT2D eigenvalue weighted by molar-refractivity contribution is -0.276. The molecular weight excluding hydrogens is 345 g/mol. The molecule has 15 heavy (non-hydrogen) atoms. The summed E-state index contributed by atoms with van der Waals surface area (Å²) in [6.45, 7) is 1.51. The van der Waals surface area contributed by atoms with Gasteiger partial charge in [-0.15, -0.1) is 24.8 Å². The maximum atomic E-state index is 12.0. The van der Waals surface area contributed by atoms with E-state index < -0.39 is 12.2 Å². The number of halogens is 5. The number of hydrogen-bond donors (Lipinski definition) is 0. The number of hydrogen-bond acceptors (Lipinski definition) is 2. The zero-order valence-corrected chi connectivity index (χ0v) is 10.4. The van der Waals surface area contributed by atoms with E-state index in [4.69, 9.17) is 11.6 Å². The third-order valence-electron chi connectivity index (χ3n) is 1.57. The molecule has 0 unspecified atom stereocenters. The molecule has 0 aromatic carbocycles. The first kappa shape index (κ1) is 12.8. The first-order chi connectivity index (χ1) is 6.83. The van der Waals surface area contributed by atoms with E-state index in [1.807, 2.05) is 22.6 Å². The Hall–Kier alpha value is -0.240. The van der Waals surface area contributed by atoms with Gasteiger partial charge < -0.3 is 4.74 Å². The average molecular weight is 351 g/mol. The Bertz CT molecular complexity index is 370. The van der Waals surface area contributed by atoms with Crippen LogP contribution in [0.3, 0.4) is 0 Å². The van der Waals surface area contributed by atoms with E-state index in [1.165, 1.54) is 6.92 Å². The van der Waals surface area contributed by atoms with Gasteiger partial charge in [0.1, 0.15) is 0 Å². The van der Waals surface area contributed by atoms with Crippen LogP contribution in [0.15, 0.2) is 6.07 Å². The van der Waals surface area contributed by atoms with Crippen LogP contribution in [0.1, 0.15) is 11.3 Å². The van der Waals surface area contributed by atoms with E-state index in [-0.39, 0.29) is 5.88 Å². The number of alkyl halides is 4. The van der Waals surface area contributed by atoms with E-state index in [0.717, 1.165) is 0 Å². The molecule has 0 fully saturated rings. The van der Waals surface area contributed by atoms with Crippen molar-refractivity contribution in [2.45, 2.75) is 19.2 Å². The number of aromatic nitrogens is 1. The maximum absolute atomic E-state index is 12.0. The second-order valence-electron chi connectivity index (χ2n) is 2.71. The highest BCUT2D eigenvalue weighted by atomic mass is 127. The molecular formula is C8H6ClF3INO. The highest BCUT2D eigenvalue weighted by Crippen LogP contribution is 2.27. The van der Waals surface area contributed by atoms with Gasteiger partial charge in [-0.3, -0.25) is 0 Å². The zero-order valence-electron chi connectivity index (χ0n) is 7.53. The molecule has 0 radical (unpaired) electrons. The lowest BCUT2D eigenvalue weighted by atomic mass is 10.3. The topological polar surface area (TPSA) is 22.1 Å². The fourth-order valence-electron chi connectivity index (χ4n) is 0.881. The van der Waals surface area contributed by atoms with Crippen LogP contribution in [0.25, 0.3) is 0 Å². The Morgan fingerprint density at radius 3 is 2.60 bits per heavy atom. The Kier molecular flexibility index (Phi) is 4.05. The molecule has 0 saturated carbocycles. The summed E-state index contributed by atoms with van der Waals surface area (Å²) in [7, 11) is 0. The van der Waals surface area contributed by atoms with Gasteiger partial charge in [0, 0.05) is 9.13 Å². The van der Waals surface area contributed by atoms with Gasteiger partial charge in [0.25, 0.3) is 0 Å². The molecule has 0 aliphatic carbocycles. The number of ether oxygens (including phenoxy) is 1. The molecule has 1 rings (SSSR count). The molecule has 2 nitrogen and oxygen atoms in total. The van der Waals surface area contributed by atoms with Crippen molar-refractivity contribution in [3.8, 4) is 5.88 Å². The molecule has 0 aliphatic heterocycles. The number of rotatable bonds is 2. The molecule has 0 aliphatic rings. The molecule has 0 amide bonds. The molecule has 0 N–H and O–H groups in total. The fraction of sp³-hybridized carbons (Fsp3) is 0.375. The summed E-state index contributed by atoms with van der Waals surface area (Å²) < 4.78 is 40.4. The molecule has 0 atom stereocenters. The van der Waals surface area contributed by atoms with Crippen LogP contribution in [-0.2, 0) is 5.88 Å². The van der Waals surface area contributed by atoms with E-state index in [2.05, 4.69) is 9.72 Å². The molecule has 0 spiro atoms. The standard InChI is InChI=1S/C8H6ClF3INO/c1-4-6(13)2-5(3-9)14-7(4)15-8(10,11)12/h2H,3H2,1H3. The van der Waals surface area contributed by atoms with Crippen LogP contribution in [0.2, 0.25) is 0 Å². The molecule has 84 valence electrons. The van der Waals surface area contributed by atoms with Crippen molar-refractivity contribution in [2.24, 2.45) is 0 Å². The van der Waals surface area contributed by atoms with Crippen molar-refractivity contribution >= 4 is 34.2 Å². The SMILES string of the molecule is Cc1c(I)cc(CCl)nc1OC(F)(F)F. The summed E-state index contributed by atoms with van der Waals surface area (Å²) in [4.78, 5) is 3.66. The van der Waals surface area contributed by atoms with Gasteiger partial charge in [0.15, 0.2) is 0 Å². The second-order valence-corrected chi connectivity index (χ2v) is 4.14. The van der Waals surface area contributed by atoms with Gasteiger partial charge in [-0.25, -0.2) is 4.98 Å². The molecule has 0 saturated heterocycles. The monoisotopic (exact) mass is 351 g/mol. The van der Waals surface area contributed by atoms with Crippen molar-refractivity contribution < 1.29 is 17.9 Å². The summed E-state index contributed by atoms with van der Waals surface area (Å²) in [6, 6.07) is 1.62. The largest absolute Gasteiger partial charge is 0.574 e. The van der Waals surface area contributed by atoms with Gasteiger partial charge >= 0.3 is 6.36 Å². The second kappa shape index (κ2) is 4.73. The van der Waals surface area contributed by atoms with E-state index in [1.54, 1.807) is 6.07 Å². The average Bonchev–Trinajstić information content (AvgIpc) is 2.10.